The van der Waals surface area contributed by atoms with Crippen LogP contribution in [0.15, 0.2) is 6.33 Å². The zero-order valence-electron chi connectivity index (χ0n) is 5.03. The standard InChI is InChI=1S/C4H8N4.ClH/c1-8-2-7-3(5)4(8)6;/h2H,5-6H2,1H3;1H. The molecule has 52 valence electrons. The fourth-order valence-electron chi connectivity index (χ4n) is 0.458. The van der Waals surface area contributed by atoms with Crippen molar-refractivity contribution in [3.8, 4) is 0 Å². The molecule has 1 aromatic heterocycles. The zero-order valence-corrected chi connectivity index (χ0v) is 5.85. The molecule has 0 spiro atoms. The zero-order chi connectivity index (χ0) is 6.15. The van der Waals surface area contributed by atoms with E-state index in [-0.39, 0.29) is 12.4 Å². The van der Waals surface area contributed by atoms with Crippen LogP contribution in [-0.4, -0.2) is 9.55 Å². The smallest absolute Gasteiger partial charge is 0.166 e. The third kappa shape index (κ3) is 1.26. The van der Waals surface area contributed by atoms with Gasteiger partial charge in [-0.05, 0) is 0 Å². The Balaban J connectivity index is 0.000000640. The molecule has 0 bridgehead atoms. The Morgan fingerprint density at radius 2 is 2.11 bits per heavy atom. The minimum atomic E-state index is 0. The number of halogens is 1. The highest BCUT2D eigenvalue weighted by atomic mass is 35.5. The predicted octanol–water partition coefficient (Wildman–Crippen LogP) is 0.00630. The van der Waals surface area contributed by atoms with Gasteiger partial charge in [0.25, 0.3) is 0 Å². The van der Waals surface area contributed by atoms with Gasteiger partial charge < -0.3 is 16.0 Å². The van der Waals surface area contributed by atoms with Gasteiger partial charge in [0, 0.05) is 7.05 Å². The van der Waals surface area contributed by atoms with Crippen LogP contribution in [0.4, 0.5) is 11.6 Å². The molecule has 0 fully saturated rings. The van der Waals surface area contributed by atoms with Crippen LogP contribution in [0, 0.1) is 0 Å². The molecule has 1 aromatic rings. The number of nitrogen functional groups attached to an aromatic ring is 2. The van der Waals surface area contributed by atoms with Crippen LogP contribution in [0.1, 0.15) is 0 Å². The average Bonchev–Trinajstić information content (AvgIpc) is 1.98. The Kier molecular flexibility index (Phi) is 2.33. The van der Waals surface area contributed by atoms with E-state index < -0.39 is 0 Å². The monoisotopic (exact) mass is 148 g/mol. The van der Waals surface area contributed by atoms with Crippen molar-refractivity contribution in [3.63, 3.8) is 0 Å². The molecule has 0 radical (unpaired) electrons. The van der Waals surface area contributed by atoms with E-state index >= 15 is 0 Å². The third-order valence-corrected chi connectivity index (χ3v) is 1.01. The van der Waals surface area contributed by atoms with Crippen LogP contribution in [0.25, 0.3) is 0 Å². The Hall–Kier alpha value is -0.900. The molecule has 1 rings (SSSR count). The Labute approximate surface area is 59.3 Å². The summed E-state index contributed by atoms with van der Waals surface area (Å²) in [5.74, 6) is 0.914. The summed E-state index contributed by atoms with van der Waals surface area (Å²) in [6.07, 6.45) is 1.57. The first-order chi connectivity index (χ1) is 3.72. The van der Waals surface area contributed by atoms with Gasteiger partial charge in [-0.1, -0.05) is 0 Å². The summed E-state index contributed by atoms with van der Waals surface area (Å²) in [7, 11) is 1.79. The van der Waals surface area contributed by atoms with E-state index in [9.17, 15) is 0 Å². The lowest BCUT2D eigenvalue weighted by Gasteiger charge is -1.90. The topological polar surface area (TPSA) is 69.9 Å². The number of rotatable bonds is 0. The van der Waals surface area contributed by atoms with Crippen LogP contribution in [0.2, 0.25) is 0 Å². The molecule has 0 saturated heterocycles. The van der Waals surface area contributed by atoms with Gasteiger partial charge >= 0.3 is 0 Å². The Morgan fingerprint density at radius 3 is 2.22 bits per heavy atom. The van der Waals surface area contributed by atoms with Crippen molar-refractivity contribution in [2.24, 2.45) is 7.05 Å². The van der Waals surface area contributed by atoms with Crippen LogP contribution < -0.4 is 11.5 Å². The van der Waals surface area contributed by atoms with E-state index in [4.69, 9.17) is 11.5 Å². The van der Waals surface area contributed by atoms with Crippen molar-refractivity contribution in [2.45, 2.75) is 0 Å². The van der Waals surface area contributed by atoms with Gasteiger partial charge in [-0.3, -0.25) is 0 Å². The quantitative estimate of drug-likeness (QED) is 0.545. The summed E-state index contributed by atoms with van der Waals surface area (Å²) in [4.78, 5) is 3.73. The molecule has 0 aliphatic carbocycles. The number of hydrogen-bond donors (Lipinski definition) is 2. The van der Waals surface area contributed by atoms with Crippen LogP contribution in [-0.2, 0) is 7.05 Å². The molecular formula is C4H9ClN4. The second kappa shape index (κ2) is 2.59. The number of nitrogens with zero attached hydrogens (tertiary/aromatic N) is 2. The van der Waals surface area contributed by atoms with E-state index in [2.05, 4.69) is 4.98 Å². The highest BCUT2D eigenvalue weighted by Gasteiger charge is 1.95. The van der Waals surface area contributed by atoms with Gasteiger partial charge in [0.1, 0.15) is 5.82 Å². The normalized spacial score (nSPS) is 8.56. The second-order valence-corrected chi connectivity index (χ2v) is 1.63. The molecule has 0 atom stereocenters. The fraction of sp³-hybridized carbons (Fsp3) is 0.250. The minimum Gasteiger partial charge on any atom is -0.382 e. The van der Waals surface area contributed by atoms with Crippen molar-refractivity contribution >= 4 is 24.0 Å². The summed E-state index contributed by atoms with van der Waals surface area (Å²) < 4.78 is 1.66. The van der Waals surface area contributed by atoms with E-state index in [1.54, 1.807) is 17.9 Å². The van der Waals surface area contributed by atoms with Gasteiger partial charge in [0.15, 0.2) is 5.82 Å². The average molecular weight is 149 g/mol. The first-order valence-electron chi connectivity index (χ1n) is 2.24. The largest absolute Gasteiger partial charge is 0.382 e. The third-order valence-electron chi connectivity index (χ3n) is 1.01. The molecule has 0 amide bonds. The molecule has 0 saturated carbocycles. The van der Waals surface area contributed by atoms with Crippen molar-refractivity contribution in [2.75, 3.05) is 11.5 Å². The number of nitrogens with two attached hydrogens (primary N) is 2. The van der Waals surface area contributed by atoms with Gasteiger partial charge in [-0.25, -0.2) is 4.98 Å². The van der Waals surface area contributed by atoms with Crippen molar-refractivity contribution in [3.05, 3.63) is 6.33 Å². The molecule has 0 unspecified atom stereocenters. The van der Waals surface area contributed by atoms with E-state index in [1.807, 2.05) is 0 Å². The maximum Gasteiger partial charge on any atom is 0.166 e. The predicted molar refractivity (Wildman–Crippen MR) is 39.3 cm³/mol. The number of aromatic nitrogens is 2. The second-order valence-electron chi connectivity index (χ2n) is 1.63. The van der Waals surface area contributed by atoms with Crippen LogP contribution in [0.3, 0.4) is 0 Å². The highest BCUT2D eigenvalue weighted by molar-refractivity contribution is 5.85. The molecule has 0 aromatic carbocycles. The van der Waals surface area contributed by atoms with Crippen LogP contribution >= 0.6 is 12.4 Å². The van der Waals surface area contributed by atoms with Gasteiger partial charge in [0.05, 0.1) is 6.33 Å². The molecule has 5 heteroatoms. The number of hydrogen-bond acceptors (Lipinski definition) is 3. The van der Waals surface area contributed by atoms with E-state index in [0.29, 0.717) is 11.6 Å². The van der Waals surface area contributed by atoms with E-state index in [0.717, 1.165) is 0 Å². The molecular weight excluding hydrogens is 140 g/mol. The fourth-order valence-corrected chi connectivity index (χ4v) is 0.458. The van der Waals surface area contributed by atoms with Gasteiger partial charge in [0.2, 0.25) is 0 Å². The Bertz CT molecular complexity index is 175. The molecule has 0 aliphatic rings. The SMILES string of the molecule is Cl.Cn1cnc(N)c1N. The molecule has 1 heterocycles. The Morgan fingerprint density at radius 1 is 1.56 bits per heavy atom. The van der Waals surface area contributed by atoms with E-state index in [1.165, 1.54) is 0 Å². The highest BCUT2D eigenvalue weighted by Crippen LogP contribution is 2.07. The number of imidazole rings is 1. The van der Waals surface area contributed by atoms with Crippen molar-refractivity contribution < 1.29 is 0 Å². The minimum absolute atomic E-state index is 0. The van der Waals surface area contributed by atoms with Crippen LogP contribution in [0.5, 0.6) is 0 Å². The lowest BCUT2D eigenvalue weighted by molar-refractivity contribution is 0.925. The maximum atomic E-state index is 5.38. The maximum absolute atomic E-state index is 5.38. The molecule has 0 aliphatic heterocycles. The van der Waals surface area contributed by atoms with Gasteiger partial charge in [-0.2, -0.15) is 0 Å². The summed E-state index contributed by atoms with van der Waals surface area (Å²) in [6.45, 7) is 0. The first-order valence-corrected chi connectivity index (χ1v) is 2.24. The lowest BCUT2D eigenvalue weighted by atomic mass is 10.7. The number of aryl methyl sites for hydroxylation is 1. The van der Waals surface area contributed by atoms with Gasteiger partial charge in [-0.15, -0.1) is 12.4 Å². The van der Waals surface area contributed by atoms with Crippen molar-refractivity contribution in [1.29, 1.82) is 0 Å². The number of anilines is 2. The molecule has 4 nitrogen and oxygen atoms in total. The molecule has 9 heavy (non-hydrogen) atoms. The summed E-state index contributed by atoms with van der Waals surface area (Å²) in [5, 5.41) is 0. The summed E-state index contributed by atoms with van der Waals surface area (Å²) in [6, 6.07) is 0. The molecule has 4 N–H and O–H groups in total. The summed E-state index contributed by atoms with van der Waals surface area (Å²) in [5.41, 5.74) is 10.7. The first kappa shape index (κ1) is 8.10. The van der Waals surface area contributed by atoms with Crippen molar-refractivity contribution in [1.82, 2.24) is 9.55 Å². The lowest BCUT2D eigenvalue weighted by Crippen LogP contribution is -1.97. The summed E-state index contributed by atoms with van der Waals surface area (Å²) >= 11 is 0.